The van der Waals surface area contributed by atoms with Gasteiger partial charge in [-0.15, -0.1) is 0 Å². The van der Waals surface area contributed by atoms with Crippen molar-refractivity contribution < 1.29 is 14.7 Å². The zero-order valence-corrected chi connectivity index (χ0v) is 27.0. The van der Waals surface area contributed by atoms with Gasteiger partial charge in [-0.1, -0.05) is 0 Å². The molecular weight excluding hydrogens is 696 g/mol. The van der Waals surface area contributed by atoms with Crippen LogP contribution in [-0.2, 0) is 11.2 Å². The van der Waals surface area contributed by atoms with Gasteiger partial charge in [-0.25, -0.2) is 19.6 Å². The van der Waals surface area contributed by atoms with Crippen molar-refractivity contribution in [3.8, 4) is 5.75 Å². The number of fused-ring (bicyclic) bond motifs is 1. The standard InChI is InChI=1S/C30H32Br2N8O4/c31-22-13-18(14-23(32)26(22)41)15-24(28(42)38-9-3-20(4-10-38)19-1-7-33-8-2-19)36-29(43)39-11-5-21(6-12-39)40-27-25(37-30(40)44)16-34-17-35-27/h1-2,7-8,13-14,16-17,20-21,24,41H,3-6,9-12,15H2,(H,36,43)(H,37,44)/t24-/m1/s1. The quantitative estimate of drug-likeness (QED) is 0.271. The third-order valence-electron chi connectivity index (χ3n) is 8.59. The van der Waals surface area contributed by atoms with Gasteiger partial charge in [-0.3, -0.25) is 14.3 Å². The number of amides is 3. The number of likely N-dealkylation sites (tertiary alicyclic amines) is 2. The van der Waals surface area contributed by atoms with Crippen molar-refractivity contribution in [2.75, 3.05) is 26.2 Å². The third-order valence-corrected chi connectivity index (χ3v) is 9.80. The molecule has 4 aromatic rings. The number of aromatic hydroxyl groups is 1. The van der Waals surface area contributed by atoms with Gasteiger partial charge in [0.05, 0.1) is 15.1 Å². The Morgan fingerprint density at radius 2 is 1.66 bits per heavy atom. The summed E-state index contributed by atoms with van der Waals surface area (Å²) < 4.78 is 2.64. The monoisotopic (exact) mass is 726 g/mol. The van der Waals surface area contributed by atoms with Crippen molar-refractivity contribution in [3.05, 3.63) is 79.7 Å². The first kappa shape index (κ1) is 30.3. The lowest BCUT2D eigenvalue weighted by atomic mass is 9.89. The van der Waals surface area contributed by atoms with E-state index >= 15 is 0 Å². The molecule has 44 heavy (non-hydrogen) atoms. The maximum Gasteiger partial charge on any atom is 0.327 e. The highest BCUT2D eigenvalue weighted by Gasteiger charge is 2.33. The topological polar surface area (TPSA) is 149 Å². The average Bonchev–Trinajstić information content (AvgIpc) is 3.39. The highest BCUT2D eigenvalue weighted by molar-refractivity contribution is 9.11. The minimum atomic E-state index is -0.797. The highest BCUT2D eigenvalue weighted by Crippen LogP contribution is 2.34. The van der Waals surface area contributed by atoms with Gasteiger partial charge < -0.3 is 25.2 Å². The lowest BCUT2D eigenvalue weighted by Gasteiger charge is -2.36. The number of imidazole rings is 1. The van der Waals surface area contributed by atoms with E-state index in [0.29, 0.717) is 65.0 Å². The van der Waals surface area contributed by atoms with E-state index in [1.807, 2.05) is 17.0 Å². The summed E-state index contributed by atoms with van der Waals surface area (Å²) in [7, 11) is 0. The van der Waals surface area contributed by atoms with Crippen molar-refractivity contribution in [1.29, 1.82) is 0 Å². The number of pyridine rings is 1. The Labute approximate surface area is 270 Å². The number of benzene rings is 1. The number of halogens is 2. The minimum Gasteiger partial charge on any atom is -0.506 e. The summed E-state index contributed by atoms with van der Waals surface area (Å²) in [5, 5.41) is 13.2. The van der Waals surface area contributed by atoms with Crippen LogP contribution in [0.25, 0.3) is 11.2 Å². The highest BCUT2D eigenvalue weighted by atomic mass is 79.9. The number of phenolic OH excluding ortho intramolecular Hbond substituents is 1. The summed E-state index contributed by atoms with van der Waals surface area (Å²) in [5.41, 5.74) is 2.90. The predicted molar refractivity (Wildman–Crippen MR) is 170 cm³/mol. The number of hydrogen-bond acceptors (Lipinski definition) is 7. The van der Waals surface area contributed by atoms with Crippen LogP contribution in [0.3, 0.4) is 0 Å². The molecule has 2 saturated heterocycles. The maximum atomic E-state index is 13.9. The molecule has 0 aliphatic carbocycles. The van der Waals surface area contributed by atoms with Crippen LogP contribution in [0, 0.1) is 0 Å². The van der Waals surface area contributed by atoms with Crippen molar-refractivity contribution in [3.63, 3.8) is 0 Å². The fourth-order valence-corrected chi connectivity index (χ4v) is 7.52. The Balaban J connectivity index is 1.14. The summed E-state index contributed by atoms with van der Waals surface area (Å²) in [4.78, 5) is 58.8. The molecule has 3 aromatic heterocycles. The lowest BCUT2D eigenvalue weighted by Crippen LogP contribution is -2.55. The molecule has 2 aliphatic heterocycles. The van der Waals surface area contributed by atoms with Gasteiger partial charge >= 0.3 is 11.7 Å². The number of phenols is 1. The van der Waals surface area contributed by atoms with E-state index < -0.39 is 6.04 Å². The SMILES string of the molecule is O=C(N[C@H](Cc1cc(Br)c(O)c(Br)c1)C(=O)N1CCC(c2ccncc2)CC1)N1CCC(n2c(=O)[nH]c3cncnc32)CC1. The molecule has 14 heteroatoms. The Morgan fingerprint density at radius 3 is 2.34 bits per heavy atom. The van der Waals surface area contributed by atoms with E-state index in [-0.39, 0.29) is 35.8 Å². The number of piperidine rings is 2. The van der Waals surface area contributed by atoms with Gasteiger partial charge in [0.1, 0.15) is 23.6 Å². The van der Waals surface area contributed by atoms with Gasteiger partial charge in [0, 0.05) is 51.0 Å². The second-order valence-electron chi connectivity index (χ2n) is 11.3. The lowest BCUT2D eigenvalue weighted by molar-refractivity contribution is -0.134. The molecule has 12 nitrogen and oxygen atoms in total. The Bertz CT molecular complexity index is 1690. The Morgan fingerprint density at radius 1 is 1.00 bits per heavy atom. The molecule has 1 atom stereocenters. The number of nitrogens with one attached hydrogen (secondary N) is 2. The van der Waals surface area contributed by atoms with Crippen LogP contribution in [0.4, 0.5) is 4.79 Å². The van der Waals surface area contributed by atoms with Crippen LogP contribution in [0.5, 0.6) is 5.75 Å². The molecule has 3 amide bonds. The molecule has 0 spiro atoms. The van der Waals surface area contributed by atoms with E-state index in [1.165, 1.54) is 11.9 Å². The predicted octanol–water partition coefficient (Wildman–Crippen LogP) is 4.11. The summed E-state index contributed by atoms with van der Waals surface area (Å²) in [6, 6.07) is 6.34. The number of urea groups is 1. The molecule has 6 rings (SSSR count). The third kappa shape index (κ3) is 6.36. The number of rotatable bonds is 6. The number of carbonyl (C=O) groups is 2. The molecule has 2 aliphatic rings. The van der Waals surface area contributed by atoms with Gasteiger partial charge in [0.15, 0.2) is 5.65 Å². The van der Waals surface area contributed by atoms with Crippen LogP contribution in [0.1, 0.15) is 48.8 Å². The van der Waals surface area contributed by atoms with Gasteiger partial charge in [0.2, 0.25) is 5.91 Å². The first-order chi connectivity index (χ1) is 21.3. The Hall–Kier alpha value is -3.78. The molecule has 3 N–H and O–H groups in total. The summed E-state index contributed by atoms with van der Waals surface area (Å²) >= 11 is 6.75. The second-order valence-corrected chi connectivity index (χ2v) is 13.0. The molecular formula is C30H32Br2N8O4. The summed E-state index contributed by atoms with van der Waals surface area (Å²) in [5.74, 6) is 0.297. The smallest absolute Gasteiger partial charge is 0.327 e. The average molecular weight is 728 g/mol. The van der Waals surface area contributed by atoms with E-state index in [0.717, 1.165) is 18.4 Å². The van der Waals surface area contributed by atoms with Gasteiger partial charge in [0.25, 0.3) is 0 Å². The molecule has 0 saturated carbocycles. The first-order valence-corrected chi connectivity index (χ1v) is 16.2. The van der Waals surface area contributed by atoms with Crippen molar-refractivity contribution in [2.24, 2.45) is 0 Å². The van der Waals surface area contributed by atoms with E-state index in [9.17, 15) is 19.5 Å². The van der Waals surface area contributed by atoms with Crippen molar-refractivity contribution in [2.45, 2.75) is 50.1 Å². The number of aromatic amines is 1. The van der Waals surface area contributed by atoms with Crippen LogP contribution < -0.4 is 11.0 Å². The number of carbonyl (C=O) groups excluding carboxylic acids is 2. The summed E-state index contributed by atoms with van der Waals surface area (Å²) in [6.07, 6.45) is 9.65. The van der Waals surface area contributed by atoms with Crippen LogP contribution in [0.2, 0.25) is 0 Å². The van der Waals surface area contributed by atoms with E-state index in [4.69, 9.17) is 0 Å². The maximum absolute atomic E-state index is 13.9. The minimum absolute atomic E-state index is 0.0717. The molecule has 0 unspecified atom stereocenters. The van der Waals surface area contributed by atoms with Crippen LogP contribution >= 0.6 is 31.9 Å². The number of hydrogen-bond donors (Lipinski definition) is 3. The fourth-order valence-electron chi connectivity index (χ4n) is 6.24. The second kappa shape index (κ2) is 13.1. The van der Waals surface area contributed by atoms with E-state index in [2.05, 4.69) is 57.1 Å². The number of nitrogens with zero attached hydrogens (tertiary/aromatic N) is 6. The molecule has 230 valence electrons. The molecule has 0 bridgehead atoms. The largest absolute Gasteiger partial charge is 0.506 e. The Kier molecular flexibility index (Phi) is 8.98. The molecule has 2 fully saturated rings. The van der Waals surface area contributed by atoms with Crippen LogP contribution in [0.15, 0.2) is 62.9 Å². The van der Waals surface area contributed by atoms with E-state index in [1.54, 1.807) is 40.2 Å². The first-order valence-electron chi connectivity index (χ1n) is 14.6. The molecule has 5 heterocycles. The zero-order valence-electron chi connectivity index (χ0n) is 23.8. The van der Waals surface area contributed by atoms with Gasteiger partial charge in [-0.05, 0) is 98.9 Å². The van der Waals surface area contributed by atoms with Crippen LogP contribution in [-0.4, -0.2) is 83.6 Å². The molecule has 0 radical (unpaired) electrons. The van der Waals surface area contributed by atoms with Crippen molar-refractivity contribution >= 4 is 55.0 Å². The number of aromatic nitrogens is 5. The zero-order chi connectivity index (χ0) is 30.8. The fraction of sp³-hybridized carbons (Fsp3) is 0.400. The van der Waals surface area contributed by atoms with Gasteiger partial charge in [-0.2, -0.15) is 0 Å². The van der Waals surface area contributed by atoms with Crippen molar-refractivity contribution in [1.82, 2.24) is 39.6 Å². The number of H-pyrrole nitrogens is 1. The normalized spacial score (nSPS) is 17.1. The summed E-state index contributed by atoms with van der Waals surface area (Å²) in [6.45, 7) is 2.04. The molecule has 1 aromatic carbocycles.